The first-order valence-corrected chi connectivity index (χ1v) is 8.09. The maximum absolute atomic E-state index is 12.5. The molecule has 1 fully saturated rings. The molecule has 1 heterocycles. The minimum absolute atomic E-state index is 0.142. The van der Waals surface area contributed by atoms with Crippen molar-refractivity contribution >= 4 is 27.3 Å². The summed E-state index contributed by atoms with van der Waals surface area (Å²) >= 11 is 6.00. The van der Waals surface area contributed by atoms with E-state index in [1.54, 1.807) is 6.07 Å². The molecule has 0 aromatic heterocycles. The fourth-order valence-corrected chi connectivity index (χ4v) is 4.17. The maximum Gasteiger partial charge on any atom is 0.244 e. The predicted octanol–water partition coefficient (Wildman–Crippen LogP) is 2.73. The largest absolute Gasteiger partial charge is 0.399 e. The van der Waals surface area contributed by atoms with E-state index in [1.807, 2.05) is 0 Å². The Morgan fingerprint density at radius 2 is 1.84 bits per heavy atom. The Bertz CT molecular complexity index is 574. The Labute approximate surface area is 119 Å². The van der Waals surface area contributed by atoms with Crippen LogP contribution >= 0.6 is 11.6 Å². The second-order valence-electron chi connectivity index (χ2n) is 5.76. The molecule has 1 aromatic rings. The SMILES string of the molecule is CC1(C)CCN(S(=O)(=O)c2ccc(N)cc2Cl)CC1. The van der Waals surface area contributed by atoms with Crippen molar-refractivity contribution in [3.63, 3.8) is 0 Å². The average molecular weight is 303 g/mol. The number of nitrogen functional groups attached to an aromatic ring is 1. The molecule has 0 radical (unpaired) electrons. The van der Waals surface area contributed by atoms with E-state index < -0.39 is 10.0 Å². The van der Waals surface area contributed by atoms with Crippen LogP contribution < -0.4 is 5.73 Å². The van der Waals surface area contributed by atoms with Gasteiger partial charge in [0, 0.05) is 18.8 Å². The number of nitrogens with two attached hydrogens (primary N) is 1. The molecule has 0 spiro atoms. The first-order chi connectivity index (χ1) is 8.72. The van der Waals surface area contributed by atoms with Crippen molar-refractivity contribution in [3.8, 4) is 0 Å². The van der Waals surface area contributed by atoms with Crippen LogP contribution in [0.5, 0.6) is 0 Å². The van der Waals surface area contributed by atoms with Crippen LogP contribution in [-0.4, -0.2) is 25.8 Å². The highest BCUT2D eigenvalue weighted by atomic mass is 35.5. The standard InChI is InChI=1S/C13H19ClN2O2S/c1-13(2)5-7-16(8-6-13)19(17,18)12-4-3-10(15)9-11(12)14/h3-4,9H,5-8,15H2,1-2H3. The Balaban J connectivity index is 2.28. The number of hydrogen-bond donors (Lipinski definition) is 1. The molecule has 2 N–H and O–H groups in total. The van der Waals surface area contributed by atoms with E-state index in [4.69, 9.17) is 17.3 Å². The molecule has 6 heteroatoms. The van der Waals surface area contributed by atoms with Crippen LogP contribution in [0.1, 0.15) is 26.7 Å². The third-order valence-electron chi connectivity index (χ3n) is 3.65. The van der Waals surface area contributed by atoms with Crippen LogP contribution in [-0.2, 0) is 10.0 Å². The second kappa shape index (κ2) is 4.96. The van der Waals surface area contributed by atoms with E-state index >= 15 is 0 Å². The summed E-state index contributed by atoms with van der Waals surface area (Å²) in [6.07, 6.45) is 1.72. The van der Waals surface area contributed by atoms with Gasteiger partial charge in [-0.1, -0.05) is 25.4 Å². The lowest BCUT2D eigenvalue weighted by Crippen LogP contribution is -2.41. The molecule has 0 aliphatic carbocycles. The molecule has 0 bridgehead atoms. The lowest BCUT2D eigenvalue weighted by atomic mass is 9.83. The summed E-state index contributed by atoms with van der Waals surface area (Å²) in [4.78, 5) is 0.142. The van der Waals surface area contributed by atoms with Gasteiger partial charge in [0.1, 0.15) is 4.90 Å². The lowest BCUT2D eigenvalue weighted by molar-refractivity contribution is 0.196. The molecule has 1 aliphatic heterocycles. The topological polar surface area (TPSA) is 63.4 Å². The molecule has 19 heavy (non-hydrogen) atoms. The molecular weight excluding hydrogens is 284 g/mol. The smallest absolute Gasteiger partial charge is 0.244 e. The minimum Gasteiger partial charge on any atom is -0.399 e. The summed E-state index contributed by atoms with van der Waals surface area (Å²) in [5.41, 5.74) is 6.26. The van der Waals surface area contributed by atoms with Crippen LogP contribution in [0.2, 0.25) is 5.02 Å². The van der Waals surface area contributed by atoms with Gasteiger partial charge in [0.15, 0.2) is 0 Å². The highest BCUT2D eigenvalue weighted by molar-refractivity contribution is 7.89. The molecule has 0 atom stereocenters. The highest BCUT2D eigenvalue weighted by Crippen LogP contribution is 2.34. The van der Waals surface area contributed by atoms with Gasteiger partial charge in [-0.05, 0) is 36.5 Å². The van der Waals surface area contributed by atoms with Crippen molar-refractivity contribution in [1.82, 2.24) is 4.31 Å². The van der Waals surface area contributed by atoms with Gasteiger partial charge in [-0.2, -0.15) is 4.31 Å². The lowest BCUT2D eigenvalue weighted by Gasteiger charge is -2.36. The fourth-order valence-electron chi connectivity index (χ4n) is 2.20. The number of hydrogen-bond acceptors (Lipinski definition) is 3. The van der Waals surface area contributed by atoms with Gasteiger partial charge in [0.25, 0.3) is 0 Å². The number of sulfonamides is 1. The van der Waals surface area contributed by atoms with Gasteiger partial charge >= 0.3 is 0 Å². The third kappa shape index (κ3) is 3.04. The zero-order chi connectivity index (χ0) is 14.3. The van der Waals surface area contributed by atoms with Gasteiger partial charge in [-0.15, -0.1) is 0 Å². The van der Waals surface area contributed by atoms with Crippen LogP contribution in [0.3, 0.4) is 0 Å². The Hall–Kier alpha value is -0.780. The summed E-state index contributed by atoms with van der Waals surface area (Å²) in [6.45, 7) is 5.40. The third-order valence-corrected chi connectivity index (χ3v) is 6.03. The van der Waals surface area contributed by atoms with Crippen molar-refractivity contribution in [2.45, 2.75) is 31.6 Å². The number of nitrogens with zero attached hydrogens (tertiary/aromatic N) is 1. The fraction of sp³-hybridized carbons (Fsp3) is 0.538. The normalized spacial score (nSPS) is 20.4. The zero-order valence-electron chi connectivity index (χ0n) is 11.2. The number of anilines is 1. The molecule has 0 unspecified atom stereocenters. The number of rotatable bonds is 2. The molecule has 106 valence electrons. The Morgan fingerprint density at radius 3 is 2.37 bits per heavy atom. The first kappa shape index (κ1) is 14.6. The van der Waals surface area contributed by atoms with E-state index in [-0.39, 0.29) is 15.3 Å². The summed E-state index contributed by atoms with van der Waals surface area (Å²) in [5.74, 6) is 0. The molecule has 4 nitrogen and oxygen atoms in total. The first-order valence-electron chi connectivity index (χ1n) is 6.28. The summed E-state index contributed by atoms with van der Waals surface area (Å²) in [5, 5.41) is 0.185. The molecular formula is C13H19ClN2O2S. The molecule has 2 rings (SSSR count). The number of benzene rings is 1. The van der Waals surface area contributed by atoms with E-state index in [0.717, 1.165) is 12.8 Å². The van der Waals surface area contributed by atoms with Crippen LogP contribution in [0.15, 0.2) is 23.1 Å². The molecule has 1 aromatic carbocycles. The van der Waals surface area contributed by atoms with Crippen molar-refractivity contribution in [2.24, 2.45) is 5.41 Å². The van der Waals surface area contributed by atoms with Gasteiger partial charge in [-0.3, -0.25) is 0 Å². The van der Waals surface area contributed by atoms with E-state index in [2.05, 4.69) is 13.8 Å². The van der Waals surface area contributed by atoms with E-state index in [0.29, 0.717) is 18.8 Å². The van der Waals surface area contributed by atoms with Crippen molar-refractivity contribution < 1.29 is 8.42 Å². The second-order valence-corrected chi connectivity index (χ2v) is 8.07. The number of piperidine rings is 1. The van der Waals surface area contributed by atoms with Crippen LogP contribution in [0.4, 0.5) is 5.69 Å². The molecule has 0 saturated carbocycles. The van der Waals surface area contributed by atoms with E-state index in [9.17, 15) is 8.42 Å². The zero-order valence-corrected chi connectivity index (χ0v) is 12.8. The van der Waals surface area contributed by atoms with Gasteiger partial charge < -0.3 is 5.73 Å². The molecule has 1 saturated heterocycles. The van der Waals surface area contributed by atoms with Crippen LogP contribution in [0.25, 0.3) is 0 Å². The van der Waals surface area contributed by atoms with Gasteiger partial charge in [0.05, 0.1) is 5.02 Å². The van der Waals surface area contributed by atoms with Crippen LogP contribution in [0, 0.1) is 5.41 Å². The van der Waals surface area contributed by atoms with Gasteiger partial charge in [0.2, 0.25) is 10.0 Å². The molecule has 1 aliphatic rings. The summed E-state index contributed by atoms with van der Waals surface area (Å²) in [6, 6.07) is 4.52. The van der Waals surface area contributed by atoms with Crippen molar-refractivity contribution in [2.75, 3.05) is 18.8 Å². The summed E-state index contributed by atoms with van der Waals surface area (Å²) in [7, 11) is -3.51. The quantitative estimate of drug-likeness (QED) is 0.854. The monoisotopic (exact) mass is 302 g/mol. The highest BCUT2D eigenvalue weighted by Gasteiger charge is 2.33. The van der Waals surface area contributed by atoms with Crippen molar-refractivity contribution in [3.05, 3.63) is 23.2 Å². The molecule has 0 amide bonds. The minimum atomic E-state index is -3.51. The summed E-state index contributed by atoms with van der Waals surface area (Å²) < 4.78 is 26.6. The Morgan fingerprint density at radius 1 is 1.26 bits per heavy atom. The Kier molecular flexibility index (Phi) is 3.82. The van der Waals surface area contributed by atoms with Gasteiger partial charge in [-0.25, -0.2) is 8.42 Å². The number of halogens is 1. The van der Waals surface area contributed by atoms with Crippen molar-refractivity contribution in [1.29, 1.82) is 0 Å². The van der Waals surface area contributed by atoms with E-state index in [1.165, 1.54) is 16.4 Å². The maximum atomic E-state index is 12.5. The predicted molar refractivity (Wildman–Crippen MR) is 77.6 cm³/mol. The average Bonchev–Trinajstić information content (AvgIpc) is 2.27.